The molecular weight excluding hydrogens is 1900 g/mol. The zero-order chi connectivity index (χ0) is 101. The van der Waals surface area contributed by atoms with Crippen LogP contribution in [0.4, 0.5) is 57.1 Å². The normalized spacial score (nSPS) is 11.5. The number of hydrogen-bond donors (Lipinski definition) is 0. The summed E-state index contributed by atoms with van der Waals surface area (Å²) in [5.74, 6) is -32.1. The maximum Gasteiger partial charge on any atom is 0.200 e. The minimum atomic E-state index is -2.86. The standard InChI is InChI=1S/C58H38N4.C48H30N6.C18H3F13Si/c1-3-15-41(16-4-1)52-38-53(60-58(59-52)42-17-5-2-6-18-42)45-36-43(39-27-31-46(32-28-39)61-54-23-11-7-19-48(54)49-20-8-12-24-55(49)61)35-44(37-45)40-29-33-47(34-30-40)62-56-25-13-9-21-50(56)51-22-10-14-26-57(51)62;1-4-16-31(17-5-1)43-37-22-10-13-25-40(37)49-46(52-43)34-28-35(47-50-41-26-14-11-23-38(41)44(53-47)32-18-6-2-7-19-32)30-36(29-34)48-51-42-27-15-12-24-39(42)45(54-48)33-20-8-3-9-21-33;19-5-1(3-9(23)13(27)15(29)14(28)10(3)24)6(20)8(22)2(7(5)21)4-11(25)16(30)18(32)17(31)12(4)26/h1-38H;1-30H;32H3. The van der Waals surface area contributed by atoms with Crippen LogP contribution in [0.2, 0.25) is 0 Å². The topological polar surface area (TPSA) is 113 Å². The predicted molar refractivity (Wildman–Crippen MR) is 563 cm³/mol. The van der Waals surface area contributed by atoms with E-state index in [0.717, 1.165) is 145 Å². The average Bonchev–Trinajstić information content (AvgIpc) is 1.10. The summed E-state index contributed by atoms with van der Waals surface area (Å²) in [6, 6.07) is 144. The van der Waals surface area contributed by atoms with Crippen LogP contribution >= 0.6 is 0 Å². The number of para-hydroxylation sites is 7. The molecule has 712 valence electrons. The molecule has 25 aromatic rings. The molecule has 19 aromatic carbocycles. The molecule has 24 heteroatoms. The number of fused-ring (bicyclic) bond motifs is 9. The second-order valence-corrected chi connectivity index (χ2v) is 36.2. The lowest BCUT2D eigenvalue weighted by atomic mass is 9.94. The third kappa shape index (κ3) is 16.9. The van der Waals surface area contributed by atoms with Crippen LogP contribution < -0.4 is 5.19 Å². The second kappa shape index (κ2) is 38.8. The second-order valence-electron chi connectivity index (χ2n) is 35.2. The molecule has 0 spiro atoms. The predicted octanol–water partition coefficient (Wildman–Crippen LogP) is 31.3. The molecule has 0 saturated heterocycles. The van der Waals surface area contributed by atoms with E-state index in [1.165, 1.54) is 43.6 Å². The molecule has 0 bridgehead atoms. The Hall–Kier alpha value is -18.8. The van der Waals surface area contributed by atoms with Gasteiger partial charge in [0.25, 0.3) is 0 Å². The van der Waals surface area contributed by atoms with Crippen molar-refractivity contribution >= 4 is 91.7 Å². The molecule has 0 unspecified atom stereocenters. The molecule has 148 heavy (non-hydrogen) atoms. The Labute approximate surface area is 838 Å². The van der Waals surface area contributed by atoms with Crippen LogP contribution in [0.3, 0.4) is 0 Å². The molecule has 0 radical (unpaired) electrons. The fourth-order valence-electron chi connectivity index (χ4n) is 19.1. The highest BCUT2D eigenvalue weighted by Gasteiger charge is 2.38. The first-order valence-electron chi connectivity index (χ1n) is 46.9. The van der Waals surface area contributed by atoms with E-state index in [0.29, 0.717) is 23.3 Å². The number of benzene rings is 19. The zero-order valence-corrected chi connectivity index (χ0v) is 79.6. The summed E-state index contributed by atoms with van der Waals surface area (Å²) < 4.78 is 186. The van der Waals surface area contributed by atoms with E-state index >= 15 is 0 Å². The van der Waals surface area contributed by atoms with Gasteiger partial charge in [0.05, 0.1) is 89.3 Å². The summed E-state index contributed by atoms with van der Waals surface area (Å²) in [6.45, 7) is 0. The number of halogens is 13. The molecule has 0 saturated carbocycles. The molecular formula is C124H71F13N10Si. The van der Waals surface area contributed by atoms with E-state index in [1.807, 2.05) is 133 Å². The number of rotatable bonds is 15. The number of nitrogens with zero attached hydrogens (tertiary/aromatic N) is 10. The Bertz CT molecular complexity index is 8720. The zero-order valence-electron chi connectivity index (χ0n) is 77.6. The Kier molecular flexibility index (Phi) is 24.3. The highest BCUT2D eigenvalue weighted by molar-refractivity contribution is 6.32. The molecule has 0 atom stereocenters. The molecule has 0 fully saturated rings. The van der Waals surface area contributed by atoms with E-state index in [2.05, 4.69) is 288 Å². The van der Waals surface area contributed by atoms with Gasteiger partial charge < -0.3 is 9.13 Å². The van der Waals surface area contributed by atoms with E-state index in [1.54, 1.807) is 0 Å². The van der Waals surface area contributed by atoms with Crippen molar-refractivity contribution in [3.63, 3.8) is 0 Å². The van der Waals surface area contributed by atoms with Gasteiger partial charge in [-0.3, -0.25) is 0 Å². The summed E-state index contributed by atoms with van der Waals surface area (Å²) in [7, 11) is -0.645. The van der Waals surface area contributed by atoms with Gasteiger partial charge >= 0.3 is 0 Å². The SMILES string of the molecule is Fc1c(F)c(F)c(-c2c(F)c(F)c(-c3c(F)c(F)c([SiH3])c(F)c3F)c(F)c2F)c(F)c1F.c1ccc(-c2cc(-c3cc(-c4ccc(-n5c6ccccc6c6ccccc65)cc4)cc(-c4ccc(-n5c6ccccc6c6ccccc65)cc4)c3)nc(-c3ccccc3)n2)cc1.c1ccc(-c2nc(-c3cc(-c4nc(-c5ccccc5)c5ccccc5n4)cc(-c4nc(-c5ccccc5)c5ccccc5n4)c3)nc3ccccc23)cc1. The van der Waals surface area contributed by atoms with Crippen LogP contribution in [0.15, 0.2) is 413 Å². The lowest BCUT2D eigenvalue weighted by Crippen LogP contribution is -2.20. The summed E-state index contributed by atoms with van der Waals surface area (Å²) in [5.41, 5.74) is 17.4. The largest absolute Gasteiger partial charge is 0.309 e. The van der Waals surface area contributed by atoms with Gasteiger partial charge in [-0.05, 0) is 131 Å². The van der Waals surface area contributed by atoms with Crippen molar-refractivity contribution in [1.82, 2.24) is 49.0 Å². The maximum absolute atomic E-state index is 14.5. The Balaban J connectivity index is 0.000000128. The molecule has 25 rings (SSSR count). The van der Waals surface area contributed by atoms with Crippen molar-refractivity contribution in [2.24, 2.45) is 0 Å². The quantitative estimate of drug-likeness (QED) is 0.0432. The van der Waals surface area contributed by atoms with Gasteiger partial charge in [0, 0.05) is 115 Å². The van der Waals surface area contributed by atoms with E-state index in [4.69, 9.17) is 39.9 Å². The smallest absolute Gasteiger partial charge is 0.200 e. The minimum Gasteiger partial charge on any atom is -0.309 e. The van der Waals surface area contributed by atoms with Gasteiger partial charge in [0.1, 0.15) is 0 Å². The minimum absolute atomic E-state index is 0.587. The van der Waals surface area contributed by atoms with Crippen LogP contribution in [0.5, 0.6) is 0 Å². The first-order valence-corrected chi connectivity index (χ1v) is 47.9. The first-order chi connectivity index (χ1) is 72.2. The van der Waals surface area contributed by atoms with Crippen molar-refractivity contribution in [3.8, 4) is 158 Å². The summed E-state index contributed by atoms with van der Waals surface area (Å²) >= 11 is 0. The van der Waals surface area contributed by atoms with Gasteiger partial charge in [0.15, 0.2) is 93.1 Å². The van der Waals surface area contributed by atoms with Gasteiger partial charge in [0.2, 0.25) is 5.82 Å². The van der Waals surface area contributed by atoms with E-state index in [9.17, 15) is 57.1 Å². The molecule has 0 amide bonds. The van der Waals surface area contributed by atoms with Crippen LogP contribution in [0, 0.1) is 75.6 Å². The van der Waals surface area contributed by atoms with Crippen LogP contribution in [-0.4, -0.2) is 59.2 Å². The van der Waals surface area contributed by atoms with Crippen LogP contribution in [-0.2, 0) is 0 Å². The molecule has 0 aliphatic rings. The summed E-state index contributed by atoms with van der Waals surface area (Å²) in [6.07, 6.45) is 0. The van der Waals surface area contributed by atoms with Crippen LogP contribution in [0.25, 0.3) is 234 Å². The van der Waals surface area contributed by atoms with Crippen molar-refractivity contribution < 1.29 is 57.1 Å². The fraction of sp³-hybridized carbons (Fsp3) is 0. The molecule has 0 N–H and O–H groups in total. The van der Waals surface area contributed by atoms with E-state index < -0.39 is 113 Å². The molecule has 10 nitrogen and oxygen atoms in total. The lowest BCUT2D eigenvalue weighted by Gasteiger charge is -2.16. The third-order valence-electron chi connectivity index (χ3n) is 26.2. The van der Waals surface area contributed by atoms with Crippen molar-refractivity contribution in [2.45, 2.75) is 0 Å². The highest BCUT2D eigenvalue weighted by atomic mass is 28.1. The Morgan fingerprint density at radius 1 is 0.162 bits per heavy atom. The average molecular weight is 1980 g/mol. The van der Waals surface area contributed by atoms with Gasteiger partial charge in [-0.1, -0.05) is 303 Å². The molecule has 6 aromatic heterocycles. The maximum atomic E-state index is 14.5. The summed E-state index contributed by atoms with van der Waals surface area (Å²) in [5, 5.41) is 6.81. The Morgan fingerprint density at radius 2 is 0.392 bits per heavy atom. The molecule has 6 heterocycles. The van der Waals surface area contributed by atoms with Gasteiger partial charge in [-0.2, -0.15) is 0 Å². The highest BCUT2D eigenvalue weighted by Crippen LogP contribution is 2.46. The molecule has 0 aliphatic heterocycles. The lowest BCUT2D eigenvalue weighted by molar-refractivity contribution is 0.379. The first kappa shape index (κ1) is 92.9. The van der Waals surface area contributed by atoms with Crippen molar-refractivity contribution in [3.05, 3.63) is 488 Å². The van der Waals surface area contributed by atoms with E-state index in [-0.39, 0.29) is 0 Å². The summed E-state index contributed by atoms with van der Waals surface area (Å²) in [4.78, 5) is 41.5. The Morgan fingerprint density at radius 3 is 0.709 bits per heavy atom. The van der Waals surface area contributed by atoms with Crippen LogP contribution in [0.1, 0.15) is 0 Å². The third-order valence-corrected chi connectivity index (χ3v) is 27.1. The monoisotopic (exact) mass is 1970 g/mol. The molecule has 0 aliphatic carbocycles. The van der Waals surface area contributed by atoms with Gasteiger partial charge in [-0.25, -0.2) is 96.9 Å². The van der Waals surface area contributed by atoms with Gasteiger partial charge in [-0.15, -0.1) is 0 Å². The number of aromatic nitrogens is 10. The van der Waals surface area contributed by atoms with Crippen molar-refractivity contribution in [2.75, 3.05) is 0 Å². The van der Waals surface area contributed by atoms with Crippen molar-refractivity contribution in [1.29, 1.82) is 0 Å². The fourth-order valence-corrected chi connectivity index (χ4v) is 19.6. The number of hydrogen-bond acceptors (Lipinski definition) is 8.